The van der Waals surface area contributed by atoms with Crippen LogP contribution in [0.4, 0.5) is 35.1 Å². The van der Waals surface area contributed by atoms with Gasteiger partial charge >= 0.3 is 24.1 Å². The van der Waals surface area contributed by atoms with Gasteiger partial charge in [-0.1, -0.05) is 69.1 Å². The van der Waals surface area contributed by atoms with Gasteiger partial charge in [0.25, 0.3) is 0 Å². The predicted octanol–water partition coefficient (Wildman–Crippen LogP) is 16.4. The molecule has 0 aliphatic rings. The van der Waals surface area contributed by atoms with Crippen LogP contribution < -0.4 is 15.4 Å². The molecule has 0 saturated heterocycles. The molecule has 8 aromatic rings. The minimum absolute atomic E-state index is 0.0738. The number of nitrogens with one attached hydrogen (secondary N) is 2. The van der Waals surface area contributed by atoms with E-state index in [1.807, 2.05) is 70.2 Å². The standard InChI is InChI=1S/C55H49Cl2F3N6O7S3/c1-28(2)7-18-42-46(32-12-17-39(56)40(57)23-32)64-52(75-42)65-47-37(49(67)68)22-33(26-61-47)41-19-20-43(74-41)51(71)73-54(5,6)25-30-8-13-35(14-9-30)72-36-15-10-31(11-16-36)45-44(21-29(3)4)76-53(63-45)66-48-38(50(69)70)24-34(27-62-48)55(58,59)60/h8-17,19-20,22-24,26-29H,7,18,21,25H2,1-6H3,(H,67,68)(H,69,70)(H,61,64,65)(H,62,63,66). The lowest BCUT2D eigenvalue weighted by atomic mass is 9.98. The van der Waals surface area contributed by atoms with Gasteiger partial charge in [-0.25, -0.2) is 34.3 Å². The maximum absolute atomic E-state index is 13.5. The Morgan fingerprint density at radius 2 is 1.25 bits per heavy atom. The molecule has 5 aromatic heterocycles. The van der Waals surface area contributed by atoms with Gasteiger partial charge in [0.1, 0.15) is 44.7 Å². The summed E-state index contributed by atoms with van der Waals surface area (Å²) in [5.74, 6) is -1.64. The second kappa shape index (κ2) is 23.1. The largest absolute Gasteiger partial charge is 0.478 e. The number of rotatable bonds is 20. The highest BCUT2D eigenvalue weighted by Crippen LogP contribution is 2.40. The van der Waals surface area contributed by atoms with Gasteiger partial charge in [-0.2, -0.15) is 13.2 Å². The first-order valence-electron chi connectivity index (χ1n) is 23.7. The van der Waals surface area contributed by atoms with Crippen molar-refractivity contribution in [3.63, 3.8) is 0 Å². The molecule has 3 aromatic carbocycles. The van der Waals surface area contributed by atoms with E-state index in [-0.39, 0.29) is 28.2 Å². The number of hydrogen-bond acceptors (Lipinski definition) is 14. The quantitative estimate of drug-likeness (QED) is 0.0529. The first kappa shape index (κ1) is 55.3. The fourth-order valence-electron chi connectivity index (χ4n) is 7.87. The van der Waals surface area contributed by atoms with Crippen molar-refractivity contribution in [1.82, 2.24) is 19.9 Å². The molecule has 4 N–H and O–H groups in total. The summed E-state index contributed by atoms with van der Waals surface area (Å²) >= 11 is 16.4. The van der Waals surface area contributed by atoms with E-state index < -0.39 is 40.8 Å². The maximum Gasteiger partial charge on any atom is 0.417 e. The van der Waals surface area contributed by atoms with Gasteiger partial charge in [0.05, 0.1) is 27.0 Å². The number of alkyl halides is 3. The number of carboxylic acids is 2. The van der Waals surface area contributed by atoms with Gasteiger partial charge in [0, 0.05) is 50.1 Å². The second-order valence-corrected chi connectivity index (χ2v) is 23.2. The number of thiophene rings is 1. The van der Waals surface area contributed by atoms with Crippen molar-refractivity contribution < 1.29 is 47.2 Å². The number of thiazole rings is 2. The van der Waals surface area contributed by atoms with Gasteiger partial charge in [0.2, 0.25) is 0 Å². The van der Waals surface area contributed by atoms with Crippen molar-refractivity contribution in [2.24, 2.45) is 11.8 Å². The first-order chi connectivity index (χ1) is 36.0. The molecule has 0 unspecified atom stereocenters. The highest BCUT2D eigenvalue weighted by molar-refractivity contribution is 7.17. The van der Waals surface area contributed by atoms with Gasteiger partial charge in [-0.3, -0.25) is 0 Å². The SMILES string of the molecule is CC(C)CCc1sc(Nc2ncc(-c3ccc(C(=O)OC(C)(C)Cc4ccc(Oc5ccc(-c6nc(Nc7ncc(C(F)(F)F)cc7C(=O)O)sc6CC(C)C)cc5)cc4)s3)cc2C(=O)O)nc1-c1ccc(Cl)c(Cl)c1. The van der Waals surface area contributed by atoms with Crippen LogP contribution in [0.3, 0.4) is 0 Å². The molecule has 0 bridgehead atoms. The fourth-order valence-corrected chi connectivity index (χ4v) is 11.2. The van der Waals surface area contributed by atoms with Crippen molar-refractivity contribution in [2.45, 2.75) is 79.0 Å². The molecule has 0 aliphatic carbocycles. The minimum atomic E-state index is -4.76. The summed E-state index contributed by atoms with van der Waals surface area (Å²) in [5.41, 5.74) is 1.50. The van der Waals surface area contributed by atoms with Crippen molar-refractivity contribution in [1.29, 1.82) is 0 Å². The van der Waals surface area contributed by atoms with Crippen LogP contribution in [0.2, 0.25) is 10.0 Å². The molecule has 76 heavy (non-hydrogen) atoms. The molecular formula is C55H49Cl2F3N6O7S3. The van der Waals surface area contributed by atoms with Crippen molar-refractivity contribution >= 4 is 97.0 Å². The normalized spacial score (nSPS) is 11.8. The van der Waals surface area contributed by atoms with Gasteiger partial charge in [-0.05, 0) is 123 Å². The molecule has 0 atom stereocenters. The highest BCUT2D eigenvalue weighted by atomic mass is 35.5. The summed E-state index contributed by atoms with van der Waals surface area (Å²) in [7, 11) is 0. The van der Waals surface area contributed by atoms with Crippen LogP contribution in [-0.4, -0.2) is 53.7 Å². The van der Waals surface area contributed by atoms with Gasteiger partial charge in [-0.15, -0.1) is 34.0 Å². The highest BCUT2D eigenvalue weighted by Gasteiger charge is 2.33. The number of ether oxygens (including phenoxy) is 2. The van der Waals surface area contributed by atoms with Crippen LogP contribution in [0.15, 0.2) is 103 Å². The second-order valence-electron chi connectivity index (χ2n) is 19.1. The Bertz CT molecular complexity index is 3430. The summed E-state index contributed by atoms with van der Waals surface area (Å²) in [4.78, 5) is 58.7. The van der Waals surface area contributed by atoms with Crippen molar-refractivity contribution in [3.05, 3.63) is 150 Å². The van der Waals surface area contributed by atoms with Gasteiger partial charge < -0.3 is 30.3 Å². The number of nitrogens with zero attached hydrogens (tertiary/aromatic N) is 4. The Hall–Kier alpha value is -6.90. The van der Waals surface area contributed by atoms with Crippen molar-refractivity contribution in [3.8, 4) is 44.5 Å². The zero-order chi connectivity index (χ0) is 54.6. The summed E-state index contributed by atoms with van der Waals surface area (Å²) in [6, 6.07) is 25.4. The molecule has 21 heteroatoms. The Balaban J connectivity index is 0.890. The molecule has 0 fully saturated rings. The number of esters is 1. The number of hydrogen-bond donors (Lipinski definition) is 4. The lowest BCUT2D eigenvalue weighted by Gasteiger charge is -2.25. The van der Waals surface area contributed by atoms with Crippen LogP contribution in [0.1, 0.15) is 99.2 Å². The average molecular weight is 1130 g/mol. The molecular weight excluding hydrogens is 1080 g/mol. The average Bonchev–Trinajstić information content (AvgIpc) is 4.11. The number of aromatic carboxylic acids is 2. The summed E-state index contributed by atoms with van der Waals surface area (Å²) in [6.45, 7) is 12.0. The Morgan fingerprint density at radius 1 is 0.671 bits per heavy atom. The molecule has 0 amide bonds. The van der Waals surface area contributed by atoms with Crippen LogP contribution in [0, 0.1) is 11.8 Å². The predicted molar refractivity (Wildman–Crippen MR) is 294 cm³/mol. The third kappa shape index (κ3) is 13.7. The number of halogens is 5. The first-order valence-corrected chi connectivity index (χ1v) is 26.9. The zero-order valence-corrected chi connectivity index (χ0v) is 45.6. The summed E-state index contributed by atoms with van der Waals surface area (Å²) in [6.07, 6.45) is 0.0797. The Kier molecular flexibility index (Phi) is 16.9. The molecule has 0 aliphatic heterocycles. The molecule has 13 nitrogen and oxygen atoms in total. The molecule has 0 spiro atoms. The number of aromatic nitrogens is 4. The van der Waals surface area contributed by atoms with E-state index in [0.717, 1.165) is 56.3 Å². The molecule has 8 rings (SSSR count). The third-order valence-electron chi connectivity index (χ3n) is 11.5. The number of pyridine rings is 2. The third-order valence-corrected chi connectivity index (χ3v) is 15.4. The summed E-state index contributed by atoms with van der Waals surface area (Å²) < 4.78 is 52.1. The van der Waals surface area contributed by atoms with E-state index in [9.17, 15) is 37.8 Å². The molecule has 5 heterocycles. The Morgan fingerprint density at radius 3 is 1.84 bits per heavy atom. The van der Waals surface area contributed by atoms with Crippen LogP contribution >= 0.6 is 57.2 Å². The van der Waals surface area contributed by atoms with Crippen LogP contribution in [0.5, 0.6) is 11.5 Å². The van der Waals surface area contributed by atoms with Crippen molar-refractivity contribution in [2.75, 3.05) is 10.6 Å². The molecule has 394 valence electrons. The topological polar surface area (TPSA) is 186 Å². The monoisotopic (exact) mass is 1130 g/mol. The number of carbonyl (C=O) groups excluding carboxylic acids is 1. The Labute approximate surface area is 457 Å². The zero-order valence-electron chi connectivity index (χ0n) is 41.6. The van der Waals surface area contributed by atoms with E-state index in [0.29, 0.717) is 78.7 Å². The van der Waals surface area contributed by atoms with E-state index >= 15 is 0 Å². The smallest absolute Gasteiger partial charge is 0.417 e. The van der Waals surface area contributed by atoms with E-state index in [1.165, 1.54) is 28.7 Å². The van der Waals surface area contributed by atoms with E-state index in [4.69, 9.17) is 42.6 Å². The fraction of sp³-hybridized carbons (Fsp3) is 0.255. The van der Waals surface area contributed by atoms with E-state index in [2.05, 4.69) is 34.4 Å². The van der Waals surface area contributed by atoms with Gasteiger partial charge in [0.15, 0.2) is 10.3 Å². The lowest BCUT2D eigenvalue weighted by Crippen LogP contribution is -2.30. The number of aryl methyl sites for hydroxylation is 1. The lowest BCUT2D eigenvalue weighted by molar-refractivity contribution is -0.137. The number of carboxylic acid groups (broad SMARTS) is 2. The minimum Gasteiger partial charge on any atom is -0.478 e. The maximum atomic E-state index is 13.5. The van der Waals surface area contributed by atoms with Crippen LogP contribution in [-0.2, 0) is 30.2 Å². The summed E-state index contributed by atoms with van der Waals surface area (Å²) in [5, 5.41) is 27.5. The number of carbonyl (C=O) groups is 3. The van der Waals surface area contributed by atoms with Crippen LogP contribution in [0.25, 0.3) is 33.0 Å². The molecule has 0 radical (unpaired) electrons. The number of benzene rings is 3. The number of anilines is 4. The molecule has 0 saturated carbocycles. The van der Waals surface area contributed by atoms with E-state index in [1.54, 1.807) is 42.6 Å².